The van der Waals surface area contributed by atoms with Crippen molar-refractivity contribution in [2.24, 2.45) is 5.73 Å². The van der Waals surface area contributed by atoms with Gasteiger partial charge in [-0.25, -0.2) is 0 Å². The Hall–Kier alpha value is -1.03. The lowest BCUT2D eigenvalue weighted by molar-refractivity contribution is 0.414. The quantitative estimate of drug-likeness (QED) is 0.895. The van der Waals surface area contributed by atoms with Crippen molar-refractivity contribution in [3.8, 4) is 5.75 Å². The fourth-order valence-electron chi connectivity index (χ4n) is 2.02. The first-order valence-electron chi connectivity index (χ1n) is 5.88. The van der Waals surface area contributed by atoms with Crippen LogP contribution in [0, 0.1) is 6.92 Å². The normalized spacial score (nSPS) is 12.3. The summed E-state index contributed by atoms with van der Waals surface area (Å²) in [6, 6.07) is 11.3. The first kappa shape index (κ1) is 14.4. The van der Waals surface area contributed by atoms with Gasteiger partial charge in [0, 0.05) is 9.50 Å². The fraction of sp³-hybridized carbons (Fsp3) is 0.200. The molecule has 0 bridgehead atoms. The van der Waals surface area contributed by atoms with Crippen molar-refractivity contribution in [1.29, 1.82) is 0 Å². The Morgan fingerprint density at radius 1 is 1.21 bits per heavy atom. The van der Waals surface area contributed by atoms with E-state index in [1.54, 1.807) is 7.11 Å². The van der Waals surface area contributed by atoms with E-state index in [0.717, 1.165) is 31.9 Å². The van der Waals surface area contributed by atoms with Crippen LogP contribution in [-0.2, 0) is 0 Å². The summed E-state index contributed by atoms with van der Waals surface area (Å²) in [5.74, 6) is 0.797. The minimum atomic E-state index is -0.223. The molecule has 0 spiro atoms. The second-order valence-corrected chi connectivity index (χ2v) is 5.58. The molecule has 0 heterocycles. The maximum absolute atomic E-state index is 6.35. The van der Waals surface area contributed by atoms with Crippen LogP contribution in [0.15, 0.2) is 40.9 Å². The van der Waals surface area contributed by atoms with Crippen molar-refractivity contribution in [3.05, 3.63) is 62.6 Å². The van der Waals surface area contributed by atoms with Crippen LogP contribution in [-0.4, -0.2) is 7.11 Å². The van der Waals surface area contributed by atoms with Crippen LogP contribution in [0.25, 0.3) is 0 Å². The van der Waals surface area contributed by atoms with Gasteiger partial charge in [0.2, 0.25) is 0 Å². The third-order valence-corrected chi connectivity index (χ3v) is 4.28. The van der Waals surface area contributed by atoms with Gasteiger partial charge in [-0.15, -0.1) is 0 Å². The van der Waals surface area contributed by atoms with Crippen LogP contribution >= 0.6 is 27.5 Å². The molecule has 2 nitrogen and oxygen atoms in total. The lowest BCUT2D eigenvalue weighted by atomic mass is 9.96. The van der Waals surface area contributed by atoms with Gasteiger partial charge >= 0.3 is 0 Å². The maximum atomic E-state index is 6.35. The summed E-state index contributed by atoms with van der Waals surface area (Å²) in [4.78, 5) is 0. The molecule has 2 N–H and O–H groups in total. The standard InChI is InChI=1S/C15H15BrClNO/c1-9-11(4-3-5-14(9)17)15(18)12-7-6-10(19-2)8-13(12)16/h3-8,15H,18H2,1-2H3. The van der Waals surface area contributed by atoms with Gasteiger partial charge in [-0.1, -0.05) is 45.7 Å². The molecule has 0 saturated carbocycles. The number of ether oxygens (including phenoxy) is 1. The number of benzene rings is 2. The largest absolute Gasteiger partial charge is 0.497 e. The second-order valence-electron chi connectivity index (χ2n) is 4.32. The molecule has 0 fully saturated rings. The van der Waals surface area contributed by atoms with Crippen molar-refractivity contribution in [3.63, 3.8) is 0 Å². The van der Waals surface area contributed by atoms with Crippen LogP contribution in [0.3, 0.4) is 0 Å². The van der Waals surface area contributed by atoms with E-state index in [2.05, 4.69) is 15.9 Å². The predicted octanol–water partition coefficient (Wildman–Crippen LogP) is 4.47. The highest BCUT2D eigenvalue weighted by Gasteiger charge is 2.15. The van der Waals surface area contributed by atoms with E-state index >= 15 is 0 Å². The van der Waals surface area contributed by atoms with Gasteiger partial charge in [-0.05, 0) is 41.8 Å². The molecule has 19 heavy (non-hydrogen) atoms. The Morgan fingerprint density at radius 2 is 1.95 bits per heavy atom. The smallest absolute Gasteiger partial charge is 0.120 e. The molecule has 0 saturated heterocycles. The summed E-state index contributed by atoms with van der Waals surface area (Å²) in [6.45, 7) is 1.98. The van der Waals surface area contributed by atoms with E-state index in [4.69, 9.17) is 22.1 Å². The van der Waals surface area contributed by atoms with E-state index in [9.17, 15) is 0 Å². The number of rotatable bonds is 3. The van der Waals surface area contributed by atoms with Crippen molar-refractivity contribution in [1.82, 2.24) is 0 Å². The zero-order valence-electron chi connectivity index (χ0n) is 10.8. The first-order chi connectivity index (χ1) is 9.04. The van der Waals surface area contributed by atoms with Gasteiger partial charge in [0.25, 0.3) is 0 Å². The lowest BCUT2D eigenvalue weighted by Gasteiger charge is -2.18. The topological polar surface area (TPSA) is 35.2 Å². The van der Waals surface area contributed by atoms with Crippen LogP contribution < -0.4 is 10.5 Å². The molecule has 2 rings (SSSR count). The lowest BCUT2D eigenvalue weighted by Crippen LogP contribution is -2.14. The van der Waals surface area contributed by atoms with Crippen molar-refractivity contribution in [2.45, 2.75) is 13.0 Å². The minimum Gasteiger partial charge on any atom is -0.497 e. The summed E-state index contributed by atoms with van der Waals surface area (Å²) in [6.07, 6.45) is 0. The van der Waals surface area contributed by atoms with Gasteiger partial charge in [0.05, 0.1) is 13.2 Å². The van der Waals surface area contributed by atoms with E-state index in [-0.39, 0.29) is 6.04 Å². The first-order valence-corrected chi connectivity index (χ1v) is 7.05. The summed E-state index contributed by atoms with van der Waals surface area (Å²) < 4.78 is 6.12. The van der Waals surface area contributed by atoms with Crippen molar-refractivity contribution < 1.29 is 4.74 Å². The average molecular weight is 341 g/mol. The van der Waals surface area contributed by atoms with E-state index in [1.807, 2.05) is 43.3 Å². The molecular formula is C15H15BrClNO. The predicted molar refractivity (Wildman–Crippen MR) is 82.9 cm³/mol. The Kier molecular flexibility index (Phi) is 4.50. The van der Waals surface area contributed by atoms with Crippen LogP contribution in [0.1, 0.15) is 22.7 Å². The number of halogens is 2. The van der Waals surface area contributed by atoms with E-state index < -0.39 is 0 Å². The zero-order valence-corrected chi connectivity index (χ0v) is 13.1. The molecule has 0 aliphatic carbocycles. The molecule has 1 atom stereocenters. The Bertz CT molecular complexity index is 601. The third-order valence-electron chi connectivity index (χ3n) is 3.19. The number of methoxy groups -OCH3 is 1. The molecule has 0 radical (unpaired) electrons. The molecular weight excluding hydrogens is 326 g/mol. The Labute approximate surface area is 126 Å². The summed E-state index contributed by atoms with van der Waals surface area (Å²) in [5, 5.41) is 0.734. The Morgan fingerprint density at radius 3 is 2.58 bits per heavy atom. The molecule has 0 aliphatic heterocycles. The van der Waals surface area contributed by atoms with Gasteiger partial charge in [0.1, 0.15) is 5.75 Å². The zero-order chi connectivity index (χ0) is 14.0. The summed E-state index contributed by atoms with van der Waals surface area (Å²) in [7, 11) is 1.64. The highest BCUT2D eigenvalue weighted by molar-refractivity contribution is 9.10. The van der Waals surface area contributed by atoms with Gasteiger partial charge in [-0.3, -0.25) is 0 Å². The van der Waals surface area contributed by atoms with Gasteiger partial charge in [0.15, 0.2) is 0 Å². The number of hydrogen-bond acceptors (Lipinski definition) is 2. The molecule has 0 amide bonds. The second kappa shape index (κ2) is 5.95. The van der Waals surface area contributed by atoms with Gasteiger partial charge < -0.3 is 10.5 Å². The van der Waals surface area contributed by atoms with Gasteiger partial charge in [-0.2, -0.15) is 0 Å². The summed E-state index contributed by atoms with van der Waals surface area (Å²) >= 11 is 9.68. The van der Waals surface area contributed by atoms with E-state index in [1.165, 1.54) is 0 Å². The van der Waals surface area contributed by atoms with Crippen molar-refractivity contribution >= 4 is 27.5 Å². The molecule has 1 unspecified atom stereocenters. The highest BCUT2D eigenvalue weighted by Crippen LogP contribution is 2.32. The molecule has 2 aromatic carbocycles. The van der Waals surface area contributed by atoms with Crippen LogP contribution in [0.4, 0.5) is 0 Å². The highest BCUT2D eigenvalue weighted by atomic mass is 79.9. The molecule has 2 aromatic rings. The fourth-order valence-corrected chi connectivity index (χ4v) is 2.80. The van der Waals surface area contributed by atoms with Crippen molar-refractivity contribution in [2.75, 3.05) is 7.11 Å². The molecule has 0 aliphatic rings. The van der Waals surface area contributed by atoms with Crippen LogP contribution in [0.5, 0.6) is 5.75 Å². The van der Waals surface area contributed by atoms with Crippen LogP contribution in [0.2, 0.25) is 5.02 Å². The SMILES string of the molecule is COc1ccc(C(N)c2cccc(Cl)c2C)c(Br)c1. The third kappa shape index (κ3) is 2.94. The average Bonchev–Trinajstić information content (AvgIpc) is 2.41. The number of nitrogens with two attached hydrogens (primary N) is 1. The van der Waals surface area contributed by atoms with E-state index in [0.29, 0.717) is 0 Å². The molecule has 4 heteroatoms. The molecule has 0 aromatic heterocycles. The number of hydrogen-bond donors (Lipinski definition) is 1. The summed E-state index contributed by atoms with van der Waals surface area (Å²) in [5.41, 5.74) is 9.39. The molecule has 100 valence electrons. The Balaban J connectivity index is 2.44. The minimum absolute atomic E-state index is 0.223. The maximum Gasteiger partial charge on any atom is 0.120 e. The monoisotopic (exact) mass is 339 g/mol.